The molecule has 5 atom stereocenters. The smallest absolute Gasteiger partial charge is 0.261 e. The quantitative estimate of drug-likeness (QED) is 0.210. The van der Waals surface area contributed by atoms with Crippen LogP contribution in [0.2, 0.25) is 0 Å². The van der Waals surface area contributed by atoms with E-state index >= 15 is 0 Å². The number of hydrogen-bond donors (Lipinski definition) is 2. The number of rotatable bonds is 6. The number of benzene rings is 2. The molecule has 46 heavy (non-hydrogen) atoms. The Morgan fingerprint density at radius 2 is 1.96 bits per heavy atom. The predicted molar refractivity (Wildman–Crippen MR) is 182 cm³/mol. The lowest BCUT2D eigenvalue weighted by molar-refractivity contribution is -0.112. The topological polar surface area (TPSA) is 87.4 Å². The van der Waals surface area contributed by atoms with E-state index < -0.39 is 0 Å². The van der Waals surface area contributed by atoms with Gasteiger partial charge in [0, 0.05) is 56.2 Å². The van der Waals surface area contributed by atoms with Crippen molar-refractivity contribution >= 4 is 22.5 Å². The van der Waals surface area contributed by atoms with Crippen molar-refractivity contribution in [2.45, 2.75) is 65.6 Å². The second-order valence-electron chi connectivity index (χ2n) is 14.2. The lowest BCUT2D eigenvalue weighted by Gasteiger charge is -2.62. The van der Waals surface area contributed by atoms with Crippen molar-refractivity contribution in [3.63, 3.8) is 0 Å². The first-order chi connectivity index (χ1) is 22.2. The molecule has 8 rings (SSSR count). The Labute approximate surface area is 270 Å². The van der Waals surface area contributed by atoms with E-state index in [1.54, 1.807) is 29.1 Å². The number of pyridine rings is 1. The second kappa shape index (κ2) is 12.2. The van der Waals surface area contributed by atoms with Gasteiger partial charge in [-0.25, -0.2) is 14.4 Å². The monoisotopic (exact) mass is 621 g/mol. The molecule has 8 nitrogen and oxygen atoms in total. The Morgan fingerprint density at radius 3 is 2.67 bits per heavy atom. The van der Waals surface area contributed by atoms with Crippen molar-refractivity contribution < 1.29 is 4.39 Å². The van der Waals surface area contributed by atoms with E-state index in [1.807, 2.05) is 30.3 Å². The number of aryl methyl sites for hydroxylation is 1. The molecule has 9 heteroatoms. The first-order valence-electron chi connectivity index (χ1n) is 16.7. The van der Waals surface area contributed by atoms with Crippen molar-refractivity contribution in [1.82, 2.24) is 30.1 Å². The number of nitrogens with zero attached hydrogens (tertiary/aromatic N) is 5. The molecule has 240 valence electrons. The van der Waals surface area contributed by atoms with Crippen LogP contribution in [0, 0.1) is 29.0 Å². The van der Waals surface area contributed by atoms with Gasteiger partial charge in [-0.2, -0.15) is 0 Å². The molecule has 0 amide bonds. The lowest BCUT2D eigenvalue weighted by Crippen LogP contribution is -2.63. The van der Waals surface area contributed by atoms with Gasteiger partial charge in [-0.15, -0.1) is 0 Å². The largest absolute Gasteiger partial charge is 0.353 e. The minimum absolute atomic E-state index is 0.117. The van der Waals surface area contributed by atoms with E-state index in [9.17, 15) is 9.18 Å². The van der Waals surface area contributed by atoms with E-state index in [1.165, 1.54) is 18.6 Å². The highest BCUT2D eigenvalue weighted by Crippen LogP contribution is 2.61. The molecule has 4 aliphatic rings. The summed E-state index contributed by atoms with van der Waals surface area (Å²) in [5.41, 5.74) is 3.38. The standard InChI is InChI=1S/C37H44FN7O/c1-23-22-44(17-15-40-23)36(43-32-19-27-18-31(24(32)2)37(27,3)4)41-29-11-12-30-33(20-29)42-34(26-6-5-14-39-21-26)45(35(30)46)16-13-25-7-9-28(38)10-8-25/h5-12,14,20-21,23-24,27,31-32,40H,13,15-19,22H2,1-4H3,(H,41,43)/t23-,24+,27-,31-,32?/m0/s1. The van der Waals surface area contributed by atoms with E-state index in [4.69, 9.17) is 9.98 Å². The summed E-state index contributed by atoms with van der Waals surface area (Å²) < 4.78 is 15.2. The Hall–Kier alpha value is -4.11. The number of aromatic nitrogens is 3. The number of halogens is 1. The third-order valence-electron chi connectivity index (χ3n) is 11.0. The fourth-order valence-corrected chi connectivity index (χ4v) is 8.04. The molecule has 1 aliphatic heterocycles. The predicted octanol–water partition coefficient (Wildman–Crippen LogP) is 5.78. The summed E-state index contributed by atoms with van der Waals surface area (Å²) in [7, 11) is 0. The van der Waals surface area contributed by atoms with E-state index in [-0.39, 0.29) is 11.4 Å². The van der Waals surface area contributed by atoms with Crippen LogP contribution >= 0.6 is 0 Å². The van der Waals surface area contributed by atoms with Crippen LogP contribution in [0.1, 0.15) is 46.1 Å². The van der Waals surface area contributed by atoms with Gasteiger partial charge >= 0.3 is 0 Å². The number of nitrogens with one attached hydrogen (secondary N) is 2. The molecule has 1 saturated heterocycles. The Balaban J connectivity index is 1.25. The highest BCUT2D eigenvalue weighted by molar-refractivity contribution is 5.87. The maximum atomic E-state index is 14.0. The van der Waals surface area contributed by atoms with Gasteiger partial charge < -0.3 is 15.5 Å². The molecule has 0 radical (unpaired) electrons. The van der Waals surface area contributed by atoms with Crippen LogP contribution in [0.5, 0.6) is 0 Å². The molecule has 2 aromatic carbocycles. The van der Waals surface area contributed by atoms with Crippen molar-refractivity contribution in [3.8, 4) is 11.4 Å². The fourth-order valence-electron chi connectivity index (χ4n) is 8.04. The first kappa shape index (κ1) is 30.5. The second-order valence-corrected chi connectivity index (χ2v) is 14.2. The highest BCUT2D eigenvalue weighted by atomic mass is 19.1. The van der Waals surface area contributed by atoms with Gasteiger partial charge in [0.25, 0.3) is 5.56 Å². The number of guanidine groups is 1. The third kappa shape index (κ3) is 5.81. The Morgan fingerprint density at radius 1 is 1.13 bits per heavy atom. The van der Waals surface area contributed by atoms with Gasteiger partial charge in [0.05, 0.1) is 16.6 Å². The number of piperazine rings is 1. The Bertz CT molecular complexity index is 1800. The fraction of sp³-hybridized carbons (Fsp3) is 0.459. The lowest BCUT2D eigenvalue weighted by atomic mass is 9.45. The Kier molecular flexibility index (Phi) is 8.13. The minimum Gasteiger partial charge on any atom is -0.353 e. The molecule has 3 saturated carbocycles. The zero-order chi connectivity index (χ0) is 32.0. The number of hydrogen-bond acceptors (Lipinski definition) is 5. The van der Waals surface area contributed by atoms with Gasteiger partial charge in [0.2, 0.25) is 0 Å². The average molecular weight is 622 g/mol. The summed E-state index contributed by atoms with van der Waals surface area (Å²) in [6, 6.07) is 16.6. The zero-order valence-corrected chi connectivity index (χ0v) is 27.2. The molecule has 4 fully saturated rings. The normalized spacial score (nSPS) is 25.7. The van der Waals surface area contributed by atoms with Crippen molar-refractivity contribution in [2.24, 2.45) is 28.2 Å². The molecule has 2 bridgehead atoms. The van der Waals surface area contributed by atoms with E-state index in [2.05, 4.69) is 48.2 Å². The van der Waals surface area contributed by atoms with Crippen molar-refractivity contribution in [2.75, 3.05) is 19.6 Å². The van der Waals surface area contributed by atoms with Crippen LogP contribution in [-0.2, 0) is 13.0 Å². The van der Waals surface area contributed by atoms with Crippen LogP contribution in [0.25, 0.3) is 22.3 Å². The first-order valence-corrected chi connectivity index (χ1v) is 16.7. The highest BCUT2D eigenvalue weighted by Gasteiger charge is 2.56. The van der Waals surface area contributed by atoms with Gasteiger partial charge in [0.1, 0.15) is 11.6 Å². The van der Waals surface area contributed by atoms with Crippen molar-refractivity contribution in [1.29, 1.82) is 0 Å². The minimum atomic E-state index is -0.276. The summed E-state index contributed by atoms with van der Waals surface area (Å²) in [5, 5.41) is 8.01. The molecule has 4 aromatic rings. The summed E-state index contributed by atoms with van der Waals surface area (Å²) >= 11 is 0. The zero-order valence-electron chi connectivity index (χ0n) is 27.2. The SMILES string of the molecule is C[C@H]1CN(C(=Nc2ccc3c(=O)n(CCc4ccc(F)cc4)c(-c4cccnc4)nc3c2)NC2C[C@@H]3C[C@@H]([C@H]2C)C3(C)C)CCN1. The van der Waals surface area contributed by atoms with Crippen molar-refractivity contribution in [3.05, 3.63) is 88.7 Å². The van der Waals surface area contributed by atoms with Crippen LogP contribution in [-0.4, -0.2) is 57.1 Å². The number of aliphatic imine (C=N–C) groups is 1. The molecule has 2 aromatic heterocycles. The molecule has 3 aliphatic carbocycles. The van der Waals surface area contributed by atoms with E-state index in [0.717, 1.165) is 60.7 Å². The summed E-state index contributed by atoms with van der Waals surface area (Å²) in [6.45, 7) is 12.6. The summed E-state index contributed by atoms with van der Waals surface area (Å²) in [4.78, 5) is 30.9. The van der Waals surface area contributed by atoms with Gasteiger partial charge in [-0.1, -0.05) is 32.9 Å². The van der Waals surface area contributed by atoms with E-state index in [0.29, 0.717) is 53.1 Å². The number of fused-ring (bicyclic) bond motifs is 3. The van der Waals surface area contributed by atoms with Gasteiger partial charge in [0.15, 0.2) is 5.96 Å². The molecule has 3 heterocycles. The summed E-state index contributed by atoms with van der Waals surface area (Å²) in [6.07, 6.45) is 6.51. The average Bonchev–Trinajstić information content (AvgIpc) is 3.05. The van der Waals surface area contributed by atoms with Crippen LogP contribution in [0.3, 0.4) is 0 Å². The van der Waals surface area contributed by atoms with Crippen LogP contribution in [0.15, 0.2) is 76.8 Å². The maximum absolute atomic E-state index is 14.0. The van der Waals surface area contributed by atoms with Crippen LogP contribution in [0.4, 0.5) is 10.1 Å². The van der Waals surface area contributed by atoms with Gasteiger partial charge in [-0.3, -0.25) is 14.3 Å². The molecule has 0 spiro atoms. The molecular formula is C37H44FN7O. The summed E-state index contributed by atoms with van der Waals surface area (Å²) in [5.74, 6) is 3.23. The maximum Gasteiger partial charge on any atom is 0.261 e. The van der Waals surface area contributed by atoms with Gasteiger partial charge in [-0.05, 0) is 97.4 Å². The molecular weight excluding hydrogens is 577 g/mol. The molecule has 1 unspecified atom stereocenters. The molecule has 2 N–H and O–H groups in total. The third-order valence-corrected chi connectivity index (χ3v) is 11.0. The van der Waals surface area contributed by atoms with Crippen LogP contribution < -0.4 is 16.2 Å².